The van der Waals surface area contributed by atoms with E-state index in [4.69, 9.17) is 15.2 Å². The van der Waals surface area contributed by atoms with E-state index < -0.39 is 11.5 Å². The zero-order valence-corrected chi connectivity index (χ0v) is 12.8. The maximum Gasteiger partial charge on any atom is 0.329 e. The van der Waals surface area contributed by atoms with Gasteiger partial charge in [-0.15, -0.1) is 0 Å². The molecule has 0 saturated carbocycles. The van der Waals surface area contributed by atoms with Gasteiger partial charge < -0.3 is 15.2 Å². The summed E-state index contributed by atoms with van der Waals surface area (Å²) in [5.41, 5.74) is 6.04. The molecular weight excluding hydrogens is 254 g/mol. The second-order valence-electron chi connectivity index (χ2n) is 5.30. The number of ether oxygens (including phenoxy) is 2. The highest BCUT2D eigenvalue weighted by molar-refractivity contribution is 5.80. The number of esters is 1. The summed E-state index contributed by atoms with van der Waals surface area (Å²) in [5, 5.41) is 0. The molecule has 1 rings (SSSR count). The first-order valence-electron chi connectivity index (χ1n) is 7.09. The van der Waals surface area contributed by atoms with Crippen molar-refractivity contribution in [3.05, 3.63) is 29.8 Å². The van der Waals surface area contributed by atoms with Gasteiger partial charge in [0.1, 0.15) is 17.9 Å². The molecule has 4 nitrogen and oxygen atoms in total. The van der Waals surface area contributed by atoms with Crippen molar-refractivity contribution in [2.75, 3.05) is 13.2 Å². The van der Waals surface area contributed by atoms with Crippen molar-refractivity contribution in [1.29, 1.82) is 0 Å². The second-order valence-corrected chi connectivity index (χ2v) is 5.30. The van der Waals surface area contributed by atoms with Crippen LogP contribution in [0.4, 0.5) is 0 Å². The summed E-state index contributed by atoms with van der Waals surface area (Å²) >= 11 is 0. The van der Waals surface area contributed by atoms with Crippen LogP contribution < -0.4 is 10.5 Å². The van der Waals surface area contributed by atoms with Gasteiger partial charge in [-0.25, -0.2) is 4.79 Å². The second kappa shape index (κ2) is 7.29. The molecule has 0 amide bonds. The first-order valence-corrected chi connectivity index (χ1v) is 7.09. The Hall–Kier alpha value is -1.55. The van der Waals surface area contributed by atoms with E-state index in [1.165, 1.54) is 5.56 Å². The van der Waals surface area contributed by atoms with E-state index in [9.17, 15) is 4.79 Å². The van der Waals surface area contributed by atoms with Crippen LogP contribution in [0.15, 0.2) is 24.3 Å². The Balaban J connectivity index is 2.59. The molecule has 1 aromatic carbocycles. The molecule has 0 aliphatic rings. The van der Waals surface area contributed by atoms with Gasteiger partial charge in [0, 0.05) is 0 Å². The molecular formula is C16H25NO3. The van der Waals surface area contributed by atoms with Gasteiger partial charge in [0.2, 0.25) is 0 Å². The number of rotatable bonds is 7. The van der Waals surface area contributed by atoms with E-state index in [-0.39, 0.29) is 6.61 Å². The van der Waals surface area contributed by atoms with Crippen LogP contribution in [0.5, 0.6) is 5.75 Å². The van der Waals surface area contributed by atoms with Gasteiger partial charge >= 0.3 is 5.97 Å². The molecule has 20 heavy (non-hydrogen) atoms. The lowest BCUT2D eigenvalue weighted by atomic mass is 9.99. The molecule has 0 heterocycles. The predicted molar refractivity (Wildman–Crippen MR) is 79.9 cm³/mol. The van der Waals surface area contributed by atoms with Crippen LogP contribution in [-0.4, -0.2) is 24.7 Å². The standard InChI is InChI=1S/C16H25NO3/c1-5-12(3)13-7-9-14(10-8-13)20-11-16(4,17)15(18)19-6-2/h7-10,12H,5-6,11,17H2,1-4H3. The molecule has 0 aromatic heterocycles. The summed E-state index contributed by atoms with van der Waals surface area (Å²) in [6.45, 7) is 8.12. The Kier molecular flexibility index (Phi) is 6.02. The van der Waals surface area contributed by atoms with E-state index in [1.807, 2.05) is 24.3 Å². The van der Waals surface area contributed by atoms with Gasteiger partial charge in [0.05, 0.1) is 6.61 Å². The number of benzene rings is 1. The molecule has 2 N–H and O–H groups in total. The van der Waals surface area contributed by atoms with Crippen molar-refractivity contribution in [3.8, 4) is 5.75 Å². The van der Waals surface area contributed by atoms with E-state index in [0.717, 1.165) is 6.42 Å². The van der Waals surface area contributed by atoms with Crippen molar-refractivity contribution >= 4 is 5.97 Å². The summed E-state index contributed by atoms with van der Waals surface area (Å²) in [7, 11) is 0. The van der Waals surface area contributed by atoms with Crippen LogP contribution >= 0.6 is 0 Å². The highest BCUT2D eigenvalue weighted by Crippen LogP contribution is 2.22. The average molecular weight is 279 g/mol. The first kappa shape index (κ1) is 16.5. The lowest BCUT2D eigenvalue weighted by molar-refractivity contribution is -0.150. The zero-order chi connectivity index (χ0) is 15.2. The summed E-state index contributed by atoms with van der Waals surface area (Å²) in [6, 6.07) is 7.90. The Morgan fingerprint density at radius 3 is 2.40 bits per heavy atom. The lowest BCUT2D eigenvalue weighted by Gasteiger charge is -2.22. The Morgan fingerprint density at radius 1 is 1.30 bits per heavy atom. The summed E-state index contributed by atoms with van der Waals surface area (Å²) in [6.07, 6.45) is 1.10. The smallest absolute Gasteiger partial charge is 0.329 e. The fourth-order valence-electron chi connectivity index (χ4n) is 1.72. The summed E-state index contributed by atoms with van der Waals surface area (Å²) < 4.78 is 10.5. The first-order chi connectivity index (χ1) is 9.40. The van der Waals surface area contributed by atoms with E-state index >= 15 is 0 Å². The van der Waals surface area contributed by atoms with Crippen LogP contribution in [-0.2, 0) is 9.53 Å². The molecule has 112 valence electrons. The van der Waals surface area contributed by atoms with Crippen LogP contribution in [0.1, 0.15) is 45.6 Å². The number of carbonyl (C=O) groups is 1. The van der Waals surface area contributed by atoms with Gasteiger partial charge in [-0.05, 0) is 43.9 Å². The third-order valence-electron chi connectivity index (χ3n) is 3.34. The quantitative estimate of drug-likeness (QED) is 0.780. The summed E-state index contributed by atoms with van der Waals surface area (Å²) in [4.78, 5) is 11.6. The number of hydrogen-bond acceptors (Lipinski definition) is 4. The molecule has 1 aromatic rings. The van der Waals surface area contributed by atoms with Crippen molar-refractivity contribution in [1.82, 2.24) is 0 Å². The minimum Gasteiger partial charge on any atom is -0.491 e. The van der Waals surface area contributed by atoms with Crippen LogP contribution in [0.3, 0.4) is 0 Å². The third-order valence-corrected chi connectivity index (χ3v) is 3.34. The van der Waals surface area contributed by atoms with Gasteiger partial charge in [0.15, 0.2) is 0 Å². The lowest BCUT2D eigenvalue weighted by Crippen LogP contribution is -2.51. The number of nitrogens with two attached hydrogens (primary N) is 1. The molecule has 2 atom stereocenters. The van der Waals surface area contributed by atoms with Crippen molar-refractivity contribution < 1.29 is 14.3 Å². The topological polar surface area (TPSA) is 61.5 Å². The van der Waals surface area contributed by atoms with Gasteiger partial charge in [-0.3, -0.25) is 0 Å². The minimum atomic E-state index is -1.13. The maximum absolute atomic E-state index is 11.6. The highest BCUT2D eigenvalue weighted by atomic mass is 16.5. The molecule has 0 spiro atoms. The van der Waals surface area contributed by atoms with Crippen LogP contribution in [0.2, 0.25) is 0 Å². The van der Waals surface area contributed by atoms with Crippen LogP contribution in [0, 0.1) is 0 Å². The van der Waals surface area contributed by atoms with Gasteiger partial charge in [0.25, 0.3) is 0 Å². The summed E-state index contributed by atoms with van der Waals surface area (Å²) in [5.74, 6) is 0.789. The monoisotopic (exact) mass is 279 g/mol. The Morgan fingerprint density at radius 2 is 1.90 bits per heavy atom. The minimum absolute atomic E-state index is 0.0918. The molecule has 0 radical (unpaired) electrons. The average Bonchev–Trinajstić information content (AvgIpc) is 2.45. The van der Waals surface area contributed by atoms with Crippen LogP contribution in [0.25, 0.3) is 0 Å². The van der Waals surface area contributed by atoms with Gasteiger partial charge in [-0.2, -0.15) is 0 Å². The van der Waals surface area contributed by atoms with E-state index in [2.05, 4.69) is 13.8 Å². The molecule has 0 saturated heterocycles. The van der Waals surface area contributed by atoms with Crippen molar-refractivity contribution in [2.24, 2.45) is 5.73 Å². The van der Waals surface area contributed by atoms with Crippen molar-refractivity contribution in [3.63, 3.8) is 0 Å². The number of carbonyl (C=O) groups excluding carboxylic acids is 1. The normalized spacial score (nSPS) is 15.2. The van der Waals surface area contributed by atoms with E-state index in [1.54, 1.807) is 13.8 Å². The Bertz CT molecular complexity index is 426. The SMILES string of the molecule is CCOC(=O)C(C)(N)COc1ccc(C(C)CC)cc1. The number of hydrogen-bond donors (Lipinski definition) is 1. The van der Waals surface area contributed by atoms with Gasteiger partial charge in [-0.1, -0.05) is 26.0 Å². The molecule has 4 heteroatoms. The predicted octanol–water partition coefficient (Wildman–Crippen LogP) is 2.86. The fourth-order valence-corrected chi connectivity index (χ4v) is 1.72. The molecule has 0 aliphatic carbocycles. The maximum atomic E-state index is 11.6. The molecule has 0 bridgehead atoms. The molecule has 0 aliphatic heterocycles. The fraction of sp³-hybridized carbons (Fsp3) is 0.562. The van der Waals surface area contributed by atoms with Crippen molar-refractivity contribution in [2.45, 2.75) is 45.6 Å². The Labute approximate surface area is 121 Å². The zero-order valence-electron chi connectivity index (χ0n) is 12.8. The molecule has 2 unspecified atom stereocenters. The third kappa shape index (κ3) is 4.53. The van der Waals surface area contributed by atoms with E-state index in [0.29, 0.717) is 18.3 Å². The highest BCUT2D eigenvalue weighted by Gasteiger charge is 2.31. The molecule has 0 fully saturated rings. The largest absolute Gasteiger partial charge is 0.491 e.